The van der Waals surface area contributed by atoms with Gasteiger partial charge in [0, 0.05) is 4.91 Å². The first-order chi connectivity index (χ1) is 6.57. The molecule has 1 saturated heterocycles. The molecule has 0 amide bonds. The molecule has 0 aliphatic carbocycles. The molecule has 0 aromatic heterocycles. The molecule has 1 aliphatic heterocycles. The topological polar surface area (TPSA) is 98.5 Å². The Bertz CT molecular complexity index is 246. The van der Waals surface area contributed by atoms with E-state index in [1.54, 1.807) is 0 Å². The van der Waals surface area contributed by atoms with Crippen LogP contribution in [0.2, 0.25) is 0 Å². The fraction of sp³-hybridized carbons (Fsp3) is 0.857. The maximum Gasteiger partial charge on any atom is 0.134 e. The Morgan fingerprint density at radius 3 is 2.64 bits per heavy atom. The molecule has 2 radical (unpaired) electrons. The van der Waals surface area contributed by atoms with E-state index >= 15 is 0 Å². The lowest BCUT2D eigenvalue weighted by Crippen LogP contribution is -2.38. The van der Waals surface area contributed by atoms with E-state index in [1.165, 1.54) is 0 Å². The molecule has 1 unspecified atom stereocenters. The van der Waals surface area contributed by atoms with Crippen LogP contribution in [0, 0.1) is 6.92 Å². The second-order valence-electron chi connectivity index (χ2n) is 2.98. The minimum Gasteiger partial charge on any atom is -0.388 e. The molecule has 1 aliphatic rings. The van der Waals surface area contributed by atoms with Gasteiger partial charge >= 0.3 is 0 Å². The van der Waals surface area contributed by atoms with Gasteiger partial charge in [-0.25, -0.2) is 4.39 Å². The van der Waals surface area contributed by atoms with E-state index in [0.29, 0.717) is 0 Å². The zero-order chi connectivity index (χ0) is 10.7. The summed E-state index contributed by atoms with van der Waals surface area (Å²) in [5, 5.41) is 21.4. The van der Waals surface area contributed by atoms with E-state index in [4.69, 9.17) is 22.3 Å². The van der Waals surface area contributed by atoms with Crippen LogP contribution >= 0.6 is 0 Å². The number of hydrogen-bond acceptors (Lipinski definition) is 4. The molecule has 6 nitrogen and oxygen atoms in total. The predicted molar refractivity (Wildman–Crippen MR) is 43.9 cm³/mol. The molecular formula is C7H10FN3O3. The minimum atomic E-state index is -1.68. The fourth-order valence-corrected chi connectivity index (χ4v) is 1.25. The van der Waals surface area contributed by atoms with E-state index in [0.717, 1.165) is 0 Å². The molecule has 0 spiro atoms. The Labute approximate surface area is 79.9 Å². The van der Waals surface area contributed by atoms with Crippen LogP contribution in [-0.2, 0) is 4.74 Å². The predicted octanol–water partition coefficient (Wildman–Crippen LogP) is -0.165. The van der Waals surface area contributed by atoms with Gasteiger partial charge in [0.05, 0.1) is 12.6 Å². The van der Waals surface area contributed by atoms with E-state index < -0.39 is 37.1 Å². The lowest BCUT2D eigenvalue weighted by molar-refractivity contribution is -0.0247. The van der Waals surface area contributed by atoms with Crippen molar-refractivity contribution >= 4 is 0 Å². The molecule has 5 atom stereocenters. The van der Waals surface area contributed by atoms with Gasteiger partial charge in [0.15, 0.2) is 0 Å². The SMILES string of the molecule is [CH][C@@H]1O[C@@H]([C@H](F)CN=[N+]=[N-])[C@H](O)C1O. The van der Waals surface area contributed by atoms with Crippen LogP contribution in [0.15, 0.2) is 5.11 Å². The van der Waals surface area contributed by atoms with Crippen molar-refractivity contribution in [2.75, 3.05) is 6.54 Å². The number of alkyl halides is 1. The Kier molecular flexibility index (Phi) is 3.65. The standard InChI is InChI=1S/C7H10FN3O3/c1-3-5(12)6(13)7(14-3)4(8)2-10-11-9/h1,3-7,12-13H,2H2/t3-,4+,5?,6+,7-/m0/s1. The van der Waals surface area contributed by atoms with Gasteiger partial charge in [0.2, 0.25) is 0 Å². The van der Waals surface area contributed by atoms with E-state index in [-0.39, 0.29) is 0 Å². The molecule has 78 valence electrons. The Morgan fingerprint density at radius 2 is 2.21 bits per heavy atom. The van der Waals surface area contributed by atoms with Crippen LogP contribution in [0.25, 0.3) is 10.4 Å². The number of aliphatic hydroxyl groups is 2. The van der Waals surface area contributed by atoms with Gasteiger partial charge < -0.3 is 14.9 Å². The van der Waals surface area contributed by atoms with E-state index in [1.807, 2.05) is 0 Å². The maximum absolute atomic E-state index is 13.2. The van der Waals surface area contributed by atoms with Gasteiger partial charge in [-0.15, -0.1) is 0 Å². The summed E-state index contributed by atoms with van der Waals surface area (Å²) in [5.41, 5.74) is 7.94. The smallest absolute Gasteiger partial charge is 0.134 e. The van der Waals surface area contributed by atoms with Gasteiger partial charge in [0.25, 0.3) is 0 Å². The summed E-state index contributed by atoms with van der Waals surface area (Å²) in [6, 6.07) is 0. The summed E-state index contributed by atoms with van der Waals surface area (Å²) < 4.78 is 17.9. The first-order valence-electron chi connectivity index (χ1n) is 4.00. The van der Waals surface area contributed by atoms with Crippen molar-refractivity contribution in [2.24, 2.45) is 5.11 Å². The highest BCUT2D eigenvalue weighted by atomic mass is 19.1. The normalized spacial score (nSPS) is 39.1. The third kappa shape index (κ3) is 2.13. The summed E-state index contributed by atoms with van der Waals surface area (Å²) >= 11 is 0. The highest BCUT2D eigenvalue weighted by molar-refractivity contribution is 4.95. The molecule has 1 rings (SSSR count). The fourth-order valence-electron chi connectivity index (χ4n) is 1.25. The molecule has 0 bridgehead atoms. The van der Waals surface area contributed by atoms with Crippen molar-refractivity contribution in [1.29, 1.82) is 0 Å². The van der Waals surface area contributed by atoms with E-state index in [9.17, 15) is 9.50 Å². The molecule has 2 N–H and O–H groups in total. The Balaban J connectivity index is 2.56. The summed E-state index contributed by atoms with van der Waals surface area (Å²) in [5.74, 6) is 0. The molecule has 1 fully saturated rings. The first kappa shape index (κ1) is 11.2. The van der Waals surface area contributed by atoms with Gasteiger partial charge in [0.1, 0.15) is 24.5 Å². The molecule has 0 aromatic rings. The van der Waals surface area contributed by atoms with Crippen molar-refractivity contribution in [3.63, 3.8) is 0 Å². The van der Waals surface area contributed by atoms with Crippen molar-refractivity contribution in [2.45, 2.75) is 30.6 Å². The lowest BCUT2D eigenvalue weighted by atomic mass is 10.1. The number of ether oxygens (including phenoxy) is 1. The highest BCUT2D eigenvalue weighted by Gasteiger charge is 2.44. The van der Waals surface area contributed by atoms with Crippen LogP contribution < -0.4 is 0 Å². The van der Waals surface area contributed by atoms with Crippen molar-refractivity contribution in [3.05, 3.63) is 17.4 Å². The van der Waals surface area contributed by atoms with Crippen molar-refractivity contribution < 1.29 is 19.3 Å². The third-order valence-corrected chi connectivity index (χ3v) is 2.01. The zero-order valence-electron chi connectivity index (χ0n) is 7.19. The molecule has 0 aromatic carbocycles. The van der Waals surface area contributed by atoms with Crippen molar-refractivity contribution in [1.82, 2.24) is 0 Å². The number of hydrogen-bond donors (Lipinski definition) is 2. The number of rotatable bonds is 3. The second-order valence-corrected chi connectivity index (χ2v) is 2.98. The van der Waals surface area contributed by atoms with Crippen LogP contribution in [0.1, 0.15) is 0 Å². The molecule has 7 heteroatoms. The Morgan fingerprint density at radius 1 is 1.57 bits per heavy atom. The maximum atomic E-state index is 13.2. The number of aliphatic hydroxyl groups excluding tert-OH is 2. The summed E-state index contributed by atoms with van der Waals surface area (Å²) in [4.78, 5) is 2.36. The average molecular weight is 203 g/mol. The van der Waals surface area contributed by atoms with E-state index in [2.05, 4.69) is 10.0 Å². The zero-order valence-corrected chi connectivity index (χ0v) is 7.19. The summed E-state index contributed by atoms with van der Waals surface area (Å²) in [7, 11) is 0. The Hall–Kier alpha value is -0.880. The second kappa shape index (κ2) is 4.56. The van der Waals surface area contributed by atoms with Crippen LogP contribution in [0.3, 0.4) is 0 Å². The van der Waals surface area contributed by atoms with Crippen molar-refractivity contribution in [3.8, 4) is 0 Å². The third-order valence-electron chi connectivity index (χ3n) is 2.01. The molecule has 14 heavy (non-hydrogen) atoms. The molecule has 1 heterocycles. The first-order valence-corrected chi connectivity index (χ1v) is 4.00. The molecular weight excluding hydrogens is 193 g/mol. The van der Waals surface area contributed by atoms with Gasteiger partial charge in [-0.05, 0) is 12.5 Å². The van der Waals surface area contributed by atoms with Gasteiger partial charge in [-0.1, -0.05) is 5.11 Å². The van der Waals surface area contributed by atoms with Gasteiger partial charge in [-0.3, -0.25) is 0 Å². The van der Waals surface area contributed by atoms with Gasteiger partial charge in [-0.2, -0.15) is 0 Å². The van der Waals surface area contributed by atoms with Crippen LogP contribution in [0.5, 0.6) is 0 Å². The number of azide groups is 1. The number of halogens is 1. The molecule has 0 saturated carbocycles. The minimum absolute atomic E-state index is 0.461. The van der Waals surface area contributed by atoms with Crippen LogP contribution in [-0.4, -0.2) is 47.3 Å². The highest BCUT2D eigenvalue weighted by Crippen LogP contribution is 2.24. The van der Waals surface area contributed by atoms with Crippen LogP contribution in [0.4, 0.5) is 4.39 Å². The largest absolute Gasteiger partial charge is 0.388 e. The quantitative estimate of drug-likeness (QED) is 0.378. The summed E-state index contributed by atoms with van der Waals surface area (Å²) in [6.45, 7) is 4.76. The average Bonchev–Trinajstić information content (AvgIpc) is 2.42. The summed E-state index contributed by atoms with van der Waals surface area (Å²) in [6.07, 6.45) is -6.74. The lowest BCUT2D eigenvalue weighted by Gasteiger charge is -2.17. The monoisotopic (exact) mass is 203 g/mol. The number of nitrogens with zero attached hydrogens (tertiary/aromatic N) is 3.